The molecule has 0 bridgehead atoms. The summed E-state index contributed by atoms with van der Waals surface area (Å²) in [7, 11) is -3.11. The second kappa shape index (κ2) is 7.24. The van der Waals surface area contributed by atoms with Gasteiger partial charge in [-0.05, 0) is 18.4 Å². The summed E-state index contributed by atoms with van der Waals surface area (Å²) in [5.41, 5.74) is 1.06. The number of sulfonamides is 1. The molecule has 0 saturated carbocycles. The standard InChI is InChI=1S/C11H16INO2S/c12-8-4-9-13-16(14,15)10-7-11-5-2-1-3-6-11/h1-3,5-6,13H,4,7-10H2. The van der Waals surface area contributed by atoms with E-state index in [4.69, 9.17) is 0 Å². The molecule has 1 aromatic rings. The van der Waals surface area contributed by atoms with E-state index >= 15 is 0 Å². The maximum atomic E-state index is 11.6. The van der Waals surface area contributed by atoms with Gasteiger partial charge in [0.2, 0.25) is 10.0 Å². The van der Waals surface area contributed by atoms with Crippen LogP contribution in [0.15, 0.2) is 30.3 Å². The highest BCUT2D eigenvalue weighted by molar-refractivity contribution is 14.1. The summed E-state index contributed by atoms with van der Waals surface area (Å²) in [6, 6.07) is 9.66. The number of hydrogen-bond acceptors (Lipinski definition) is 2. The van der Waals surface area contributed by atoms with Crippen molar-refractivity contribution in [3.8, 4) is 0 Å². The third-order valence-corrected chi connectivity index (χ3v) is 4.28. The van der Waals surface area contributed by atoms with Crippen LogP contribution in [0.5, 0.6) is 0 Å². The number of benzene rings is 1. The lowest BCUT2D eigenvalue weighted by Gasteiger charge is -2.05. The molecule has 0 aromatic heterocycles. The minimum atomic E-state index is -3.11. The zero-order valence-corrected chi connectivity index (χ0v) is 12.0. The number of nitrogens with one attached hydrogen (secondary N) is 1. The molecule has 3 nitrogen and oxygen atoms in total. The third kappa shape index (κ3) is 5.81. The van der Waals surface area contributed by atoms with Crippen molar-refractivity contribution < 1.29 is 8.42 Å². The minimum absolute atomic E-state index is 0.165. The van der Waals surface area contributed by atoms with Crippen LogP contribution in [0.3, 0.4) is 0 Å². The van der Waals surface area contributed by atoms with Gasteiger partial charge < -0.3 is 0 Å². The first-order valence-corrected chi connectivity index (χ1v) is 8.39. The van der Waals surface area contributed by atoms with Crippen LogP contribution >= 0.6 is 22.6 Å². The highest BCUT2D eigenvalue weighted by Gasteiger charge is 2.08. The van der Waals surface area contributed by atoms with E-state index in [9.17, 15) is 8.42 Å². The van der Waals surface area contributed by atoms with Gasteiger partial charge >= 0.3 is 0 Å². The van der Waals surface area contributed by atoms with E-state index in [0.717, 1.165) is 16.4 Å². The summed E-state index contributed by atoms with van der Waals surface area (Å²) >= 11 is 2.23. The number of alkyl halides is 1. The Hall–Kier alpha value is -0.140. The van der Waals surface area contributed by atoms with E-state index in [0.29, 0.717) is 13.0 Å². The first kappa shape index (κ1) is 13.9. The summed E-state index contributed by atoms with van der Waals surface area (Å²) in [5, 5.41) is 0. The smallest absolute Gasteiger partial charge is 0.211 e. The number of rotatable bonds is 7. The molecule has 1 N–H and O–H groups in total. The van der Waals surface area contributed by atoms with Crippen LogP contribution in [0.4, 0.5) is 0 Å². The average Bonchev–Trinajstić information content (AvgIpc) is 2.28. The van der Waals surface area contributed by atoms with Crippen molar-refractivity contribution in [3.05, 3.63) is 35.9 Å². The lowest BCUT2D eigenvalue weighted by Crippen LogP contribution is -2.28. The van der Waals surface area contributed by atoms with E-state index in [1.165, 1.54) is 0 Å². The lowest BCUT2D eigenvalue weighted by atomic mass is 10.2. The van der Waals surface area contributed by atoms with E-state index in [-0.39, 0.29) is 5.75 Å². The van der Waals surface area contributed by atoms with Crippen LogP contribution in [0.1, 0.15) is 12.0 Å². The molecule has 0 aliphatic rings. The largest absolute Gasteiger partial charge is 0.215 e. The monoisotopic (exact) mass is 353 g/mol. The van der Waals surface area contributed by atoms with Gasteiger partial charge in [-0.2, -0.15) is 0 Å². The molecule has 0 saturated heterocycles. The zero-order chi connectivity index (χ0) is 11.9. The van der Waals surface area contributed by atoms with Gasteiger partial charge in [0.05, 0.1) is 5.75 Å². The van der Waals surface area contributed by atoms with Crippen molar-refractivity contribution in [3.63, 3.8) is 0 Å². The molecule has 5 heteroatoms. The van der Waals surface area contributed by atoms with Crippen molar-refractivity contribution in [2.24, 2.45) is 0 Å². The predicted molar refractivity (Wildman–Crippen MR) is 75.4 cm³/mol. The van der Waals surface area contributed by atoms with E-state index in [1.807, 2.05) is 30.3 Å². The topological polar surface area (TPSA) is 46.2 Å². The molecule has 0 atom stereocenters. The first-order valence-electron chi connectivity index (χ1n) is 5.21. The molecule has 0 amide bonds. The van der Waals surface area contributed by atoms with E-state index in [1.54, 1.807) is 0 Å². The molecule has 1 rings (SSSR count). The number of aryl methyl sites for hydroxylation is 1. The Kier molecular flexibility index (Phi) is 6.30. The van der Waals surface area contributed by atoms with Crippen LogP contribution in [-0.4, -0.2) is 25.1 Å². The Morgan fingerprint density at radius 1 is 1.19 bits per heavy atom. The lowest BCUT2D eigenvalue weighted by molar-refractivity contribution is 0.580. The van der Waals surface area contributed by atoms with E-state index in [2.05, 4.69) is 27.3 Å². The van der Waals surface area contributed by atoms with Crippen LogP contribution in [0.2, 0.25) is 0 Å². The Morgan fingerprint density at radius 2 is 1.88 bits per heavy atom. The summed E-state index contributed by atoms with van der Waals surface area (Å²) in [6.07, 6.45) is 1.45. The fourth-order valence-electron chi connectivity index (χ4n) is 1.26. The molecule has 90 valence electrons. The Balaban J connectivity index is 2.36. The number of hydrogen-bond donors (Lipinski definition) is 1. The molecule has 0 heterocycles. The summed E-state index contributed by atoms with van der Waals surface area (Å²) in [4.78, 5) is 0. The van der Waals surface area contributed by atoms with Crippen molar-refractivity contribution in [1.29, 1.82) is 0 Å². The highest BCUT2D eigenvalue weighted by Crippen LogP contribution is 2.01. The van der Waals surface area contributed by atoms with Gasteiger partial charge in [-0.15, -0.1) is 0 Å². The maximum Gasteiger partial charge on any atom is 0.211 e. The second-order valence-corrected chi connectivity index (χ2v) is 6.50. The molecule has 1 aromatic carbocycles. The SMILES string of the molecule is O=S(=O)(CCc1ccccc1)NCCCI. The van der Waals surface area contributed by atoms with Crippen molar-refractivity contribution in [2.75, 3.05) is 16.7 Å². The molecule has 0 radical (unpaired) electrons. The van der Waals surface area contributed by atoms with Crippen LogP contribution in [0, 0.1) is 0 Å². The van der Waals surface area contributed by atoms with Gasteiger partial charge in [0.25, 0.3) is 0 Å². The van der Waals surface area contributed by atoms with Gasteiger partial charge in [0.1, 0.15) is 0 Å². The van der Waals surface area contributed by atoms with Crippen molar-refractivity contribution >= 4 is 32.6 Å². The Morgan fingerprint density at radius 3 is 2.50 bits per heavy atom. The first-order chi connectivity index (χ1) is 7.64. The minimum Gasteiger partial charge on any atom is -0.215 e. The molecular weight excluding hydrogens is 337 g/mol. The van der Waals surface area contributed by atoms with Crippen LogP contribution < -0.4 is 4.72 Å². The average molecular weight is 353 g/mol. The fraction of sp³-hybridized carbons (Fsp3) is 0.455. The zero-order valence-electron chi connectivity index (χ0n) is 9.02. The van der Waals surface area contributed by atoms with Crippen LogP contribution in [-0.2, 0) is 16.4 Å². The van der Waals surface area contributed by atoms with Gasteiger partial charge in [-0.3, -0.25) is 0 Å². The summed E-state index contributed by atoms with van der Waals surface area (Å²) in [5.74, 6) is 0.165. The summed E-state index contributed by atoms with van der Waals surface area (Å²) in [6.45, 7) is 0.542. The van der Waals surface area contributed by atoms with Gasteiger partial charge in [-0.25, -0.2) is 13.1 Å². The Bertz CT molecular complexity index is 392. The molecule has 0 aliphatic heterocycles. The van der Waals surface area contributed by atoms with E-state index < -0.39 is 10.0 Å². The molecule has 16 heavy (non-hydrogen) atoms. The Labute approximate surface area is 111 Å². The second-order valence-electron chi connectivity index (χ2n) is 3.49. The predicted octanol–water partition coefficient (Wildman–Crippen LogP) is 1.97. The fourth-order valence-corrected chi connectivity index (χ4v) is 2.75. The van der Waals surface area contributed by atoms with Gasteiger partial charge in [0.15, 0.2) is 0 Å². The van der Waals surface area contributed by atoms with Crippen LogP contribution in [0.25, 0.3) is 0 Å². The normalized spacial score (nSPS) is 11.6. The van der Waals surface area contributed by atoms with Gasteiger partial charge in [-0.1, -0.05) is 52.9 Å². The van der Waals surface area contributed by atoms with Crippen molar-refractivity contribution in [2.45, 2.75) is 12.8 Å². The molecule has 0 unspecified atom stereocenters. The molecule has 0 aliphatic carbocycles. The third-order valence-electron chi connectivity index (χ3n) is 2.13. The van der Waals surface area contributed by atoms with Crippen molar-refractivity contribution in [1.82, 2.24) is 4.72 Å². The van der Waals surface area contributed by atoms with Gasteiger partial charge in [0, 0.05) is 11.0 Å². The molecule has 0 spiro atoms. The molecular formula is C11H16INO2S. The highest BCUT2D eigenvalue weighted by atomic mass is 127. The quantitative estimate of drug-likeness (QED) is 0.463. The molecule has 0 fully saturated rings. The number of halogens is 1. The summed E-state index contributed by atoms with van der Waals surface area (Å²) < 4.78 is 26.7. The maximum absolute atomic E-state index is 11.6.